The van der Waals surface area contributed by atoms with Gasteiger partial charge in [-0.3, -0.25) is 0 Å². The van der Waals surface area contributed by atoms with Crippen LogP contribution in [0.5, 0.6) is 0 Å². The minimum atomic E-state index is 0.602. The molecule has 0 spiro atoms. The van der Waals surface area contributed by atoms with E-state index in [1.54, 1.807) is 0 Å². The van der Waals surface area contributed by atoms with Gasteiger partial charge in [0, 0.05) is 6.54 Å². The van der Waals surface area contributed by atoms with Crippen molar-refractivity contribution in [2.24, 2.45) is 5.92 Å². The highest BCUT2D eigenvalue weighted by Gasteiger charge is 2.12. The van der Waals surface area contributed by atoms with E-state index in [-0.39, 0.29) is 0 Å². The molecule has 0 aliphatic heterocycles. The summed E-state index contributed by atoms with van der Waals surface area (Å²) in [6, 6.07) is 6.23. The second-order valence-electron chi connectivity index (χ2n) is 4.58. The topological polar surface area (TPSA) is 43.8 Å². The summed E-state index contributed by atoms with van der Waals surface area (Å²) >= 11 is 1.87. The first kappa shape index (κ1) is 12.3. The van der Waals surface area contributed by atoms with E-state index in [4.69, 9.17) is 5.73 Å². The van der Waals surface area contributed by atoms with E-state index in [1.807, 2.05) is 11.8 Å². The Morgan fingerprint density at radius 3 is 2.94 bits per heavy atom. The van der Waals surface area contributed by atoms with Crippen LogP contribution in [-0.4, -0.2) is 21.6 Å². The minimum Gasteiger partial charge on any atom is -0.369 e. The Bertz CT molecular complexity index is 519. The molecule has 2 N–H and O–H groups in total. The summed E-state index contributed by atoms with van der Waals surface area (Å²) in [7, 11) is 0. The van der Waals surface area contributed by atoms with Gasteiger partial charge in [0.25, 0.3) is 0 Å². The molecule has 0 bridgehead atoms. The molecule has 3 nitrogen and oxygen atoms in total. The van der Waals surface area contributed by atoms with Crippen molar-refractivity contribution < 1.29 is 0 Å². The van der Waals surface area contributed by atoms with Crippen LogP contribution in [0, 0.1) is 12.8 Å². The van der Waals surface area contributed by atoms with E-state index < -0.39 is 0 Å². The van der Waals surface area contributed by atoms with Gasteiger partial charge in [-0.25, -0.2) is 4.98 Å². The Kier molecular flexibility index (Phi) is 3.62. The number of nitrogen functional groups attached to an aromatic ring is 1. The molecule has 0 saturated heterocycles. The van der Waals surface area contributed by atoms with Gasteiger partial charge in [0.05, 0.1) is 11.0 Å². The van der Waals surface area contributed by atoms with Crippen molar-refractivity contribution >= 4 is 28.7 Å². The average molecular weight is 249 g/mol. The number of imidazole rings is 1. The standard InChI is InChI=1S/C13H19N3S/c1-9(8-17-3)7-16-11-6-4-5-10(2)12(11)15-13(16)14/h4-6,9H,7-8H2,1-3H3,(H2,14,15). The van der Waals surface area contributed by atoms with Crippen molar-refractivity contribution in [3.05, 3.63) is 23.8 Å². The number of anilines is 1. The van der Waals surface area contributed by atoms with Gasteiger partial charge >= 0.3 is 0 Å². The third-order valence-corrected chi connectivity index (χ3v) is 3.86. The van der Waals surface area contributed by atoms with Crippen LogP contribution in [0.1, 0.15) is 12.5 Å². The summed E-state index contributed by atoms with van der Waals surface area (Å²) in [5, 5.41) is 0. The molecule has 0 saturated carbocycles. The van der Waals surface area contributed by atoms with Crippen molar-refractivity contribution in [3.8, 4) is 0 Å². The molecule has 0 fully saturated rings. The molecule has 1 aromatic heterocycles. The zero-order valence-corrected chi connectivity index (χ0v) is 11.4. The van der Waals surface area contributed by atoms with E-state index in [0.29, 0.717) is 11.9 Å². The Labute approximate surface area is 106 Å². The van der Waals surface area contributed by atoms with Gasteiger partial charge in [0.1, 0.15) is 0 Å². The molecule has 1 atom stereocenters. The van der Waals surface area contributed by atoms with Gasteiger partial charge < -0.3 is 10.3 Å². The van der Waals surface area contributed by atoms with Gasteiger partial charge in [-0.1, -0.05) is 19.1 Å². The first-order valence-corrected chi connectivity index (χ1v) is 7.23. The fraction of sp³-hybridized carbons (Fsp3) is 0.462. The summed E-state index contributed by atoms with van der Waals surface area (Å²) in [4.78, 5) is 4.46. The first-order valence-electron chi connectivity index (χ1n) is 5.83. The number of nitrogens with two attached hydrogens (primary N) is 1. The number of aromatic nitrogens is 2. The largest absolute Gasteiger partial charge is 0.369 e. The number of fused-ring (bicyclic) bond motifs is 1. The van der Waals surface area contributed by atoms with Crippen LogP contribution in [0.15, 0.2) is 18.2 Å². The van der Waals surface area contributed by atoms with Crippen LogP contribution < -0.4 is 5.73 Å². The number of aryl methyl sites for hydroxylation is 1. The van der Waals surface area contributed by atoms with E-state index in [2.05, 4.69) is 47.9 Å². The van der Waals surface area contributed by atoms with E-state index in [1.165, 1.54) is 5.56 Å². The third kappa shape index (κ3) is 2.41. The van der Waals surface area contributed by atoms with Gasteiger partial charge in [-0.05, 0) is 36.5 Å². The minimum absolute atomic E-state index is 0.602. The zero-order chi connectivity index (χ0) is 12.4. The van der Waals surface area contributed by atoms with Crippen LogP contribution in [-0.2, 0) is 6.54 Å². The van der Waals surface area contributed by atoms with Crippen LogP contribution in [0.2, 0.25) is 0 Å². The molecule has 1 aromatic carbocycles. The molecular formula is C13H19N3S. The molecule has 1 heterocycles. The number of rotatable bonds is 4. The maximum absolute atomic E-state index is 6.01. The molecule has 2 aromatic rings. The fourth-order valence-corrected chi connectivity index (χ4v) is 2.82. The predicted molar refractivity (Wildman–Crippen MR) is 76.4 cm³/mol. The van der Waals surface area contributed by atoms with Crippen molar-refractivity contribution in [1.29, 1.82) is 0 Å². The Balaban J connectivity index is 2.40. The van der Waals surface area contributed by atoms with Crippen molar-refractivity contribution in [2.45, 2.75) is 20.4 Å². The highest BCUT2D eigenvalue weighted by molar-refractivity contribution is 7.98. The summed E-state index contributed by atoms with van der Waals surface area (Å²) in [6.45, 7) is 5.26. The normalized spacial score (nSPS) is 13.1. The molecule has 17 heavy (non-hydrogen) atoms. The Hall–Kier alpha value is -1.16. The molecular weight excluding hydrogens is 230 g/mol. The Morgan fingerprint density at radius 1 is 1.47 bits per heavy atom. The van der Waals surface area contributed by atoms with Crippen LogP contribution in [0.3, 0.4) is 0 Å². The van der Waals surface area contributed by atoms with Crippen LogP contribution in [0.25, 0.3) is 11.0 Å². The number of hydrogen-bond acceptors (Lipinski definition) is 3. The summed E-state index contributed by atoms with van der Waals surface area (Å²) in [6.07, 6.45) is 2.13. The smallest absolute Gasteiger partial charge is 0.201 e. The highest BCUT2D eigenvalue weighted by Crippen LogP contribution is 2.22. The second-order valence-corrected chi connectivity index (χ2v) is 5.49. The van der Waals surface area contributed by atoms with Crippen LogP contribution in [0.4, 0.5) is 5.95 Å². The second kappa shape index (κ2) is 5.00. The fourth-order valence-electron chi connectivity index (χ4n) is 2.15. The lowest BCUT2D eigenvalue weighted by atomic mass is 10.2. The lowest BCUT2D eigenvalue weighted by molar-refractivity contribution is 0.546. The maximum atomic E-state index is 6.01. The number of para-hydroxylation sites is 1. The van der Waals surface area contributed by atoms with E-state index in [9.17, 15) is 0 Å². The predicted octanol–water partition coefficient (Wildman–Crippen LogP) is 2.93. The van der Waals surface area contributed by atoms with Crippen LogP contribution >= 0.6 is 11.8 Å². The summed E-state index contributed by atoms with van der Waals surface area (Å²) in [5.41, 5.74) is 9.37. The molecule has 4 heteroatoms. The quantitative estimate of drug-likeness (QED) is 0.906. The molecule has 92 valence electrons. The molecule has 1 unspecified atom stereocenters. The summed E-state index contributed by atoms with van der Waals surface area (Å²) in [5.74, 6) is 2.37. The summed E-state index contributed by atoms with van der Waals surface area (Å²) < 4.78 is 2.13. The van der Waals surface area contributed by atoms with Crippen molar-refractivity contribution in [1.82, 2.24) is 9.55 Å². The van der Waals surface area contributed by atoms with E-state index in [0.717, 1.165) is 23.3 Å². The molecule has 0 aliphatic rings. The van der Waals surface area contributed by atoms with Gasteiger partial charge in [-0.2, -0.15) is 11.8 Å². The number of thioether (sulfide) groups is 1. The molecule has 2 rings (SSSR count). The monoisotopic (exact) mass is 249 g/mol. The molecule has 0 amide bonds. The van der Waals surface area contributed by atoms with Crippen molar-refractivity contribution in [3.63, 3.8) is 0 Å². The third-order valence-electron chi connectivity index (χ3n) is 2.96. The lowest BCUT2D eigenvalue weighted by Crippen LogP contribution is -2.12. The SMILES string of the molecule is CSCC(C)Cn1c(N)nc2c(C)cccc21. The molecule has 0 aliphatic carbocycles. The average Bonchev–Trinajstić information content (AvgIpc) is 2.58. The lowest BCUT2D eigenvalue weighted by Gasteiger charge is -2.12. The Morgan fingerprint density at radius 2 is 2.24 bits per heavy atom. The van der Waals surface area contributed by atoms with Gasteiger partial charge in [0.15, 0.2) is 0 Å². The zero-order valence-electron chi connectivity index (χ0n) is 10.6. The number of hydrogen-bond donors (Lipinski definition) is 1. The number of benzene rings is 1. The van der Waals surface area contributed by atoms with Gasteiger partial charge in [0.2, 0.25) is 5.95 Å². The molecule has 0 radical (unpaired) electrons. The van der Waals surface area contributed by atoms with E-state index >= 15 is 0 Å². The van der Waals surface area contributed by atoms with Crippen molar-refractivity contribution in [2.75, 3.05) is 17.7 Å². The number of nitrogens with zero attached hydrogens (tertiary/aromatic N) is 2. The maximum Gasteiger partial charge on any atom is 0.201 e. The van der Waals surface area contributed by atoms with Gasteiger partial charge in [-0.15, -0.1) is 0 Å². The highest BCUT2D eigenvalue weighted by atomic mass is 32.2. The first-order chi connectivity index (χ1) is 8.13.